The molecule has 1 aromatic heterocycles. The van der Waals surface area contributed by atoms with Gasteiger partial charge >= 0.3 is 0 Å². The molecule has 1 heterocycles. The third-order valence-corrected chi connectivity index (χ3v) is 2.94. The minimum atomic E-state index is -0.139. The van der Waals surface area contributed by atoms with Crippen molar-refractivity contribution in [2.24, 2.45) is 5.73 Å². The van der Waals surface area contributed by atoms with E-state index >= 15 is 0 Å². The second-order valence-corrected chi connectivity index (χ2v) is 4.39. The highest BCUT2D eigenvalue weighted by Crippen LogP contribution is 2.13. The number of rotatable bonds is 6. The highest BCUT2D eigenvalue weighted by Gasteiger charge is 2.11. The van der Waals surface area contributed by atoms with E-state index in [1.165, 1.54) is 5.56 Å². The van der Waals surface area contributed by atoms with Crippen molar-refractivity contribution in [2.75, 3.05) is 0 Å². The van der Waals surface area contributed by atoms with Gasteiger partial charge in [-0.2, -0.15) is 0 Å². The molecule has 96 valence electrons. The fourth-order valence-electron chi connectivity index (χ4n) is 1.78. The smallest absolute Gasteiger partial charge is 0.233 e. The lowest BCUT2D eigenvalue weighted by atomic mass is 10.1. The first-order chi connectivity index (χ1) is 8.79. The van der Waals surface area contributed by atoms with Crippen LogP contribution in [0.1, 0.15) is 43.2 Å². The summed E-state index contributed by atoms with van der Waals surface area (Å²) in [4.78, 5) is 0. The Morgan fingerprint density at radius 3 is 2.67 bits per heavy atom. The Morgan fingerprint density at radius 2 is 1.94 bits per heavy atom. The Labute approximate surface area is 107 Å². The Kier molecular flexibility index (Phi) is 4.47. The summed E-state index contributed by atoms with van der Waals surface area (Å²) in [6.07, 6.45) is 3.65. The first-order valence-electron chi connectivity index (χ1n) is 6.41. The van der Waals surface area contributed by atoms with Gasteiger partial charge in [0.25, 0.3) is 0 Å². The van der Waals surface area contributed by atoms with Gasteiger partial charge in [0.2, 0.25) is 11.8 Å². The van der Waals surface area contributed by atoms with Gasteiger partial charge in [-0.05, 0) is 24.8 Å². The minimum absolute atomic E-state index is 0.139. The molecular weight excluding hydrogens is 226 g/mol. The molecule has 1 atom stereocenters. The van der Waals surface area contributed by atoms with Crippen LogP contribution in [-0.2, 0) is 12.8 Å². The van der Waals surface area contributed by atoms with Gasteiger partial charge in [-0.15, -0.1) is 10.2 Å². The van der Waals surface area contributed by atoms with Gasteiger partial charge in [0.15, 0.2) is 0 Å². The second-order valence-electron chi connectivity index (χ2n) is 4.39. The van der Waals surface area contributed by atoms with Crippen molar-refractivity contribution in [1.82, 2.24) is 10.2 Å². The molecule has 1 aromatic carbocycles. The summed E-state index contributed by atoms with van der Waals surface area (Å²) in [5.41, 5.74) is 7.17. The van der Waals surface area contributed by atoms with Crippen molar-refractivity contribution in [1.29, 1.82) is 0 Å². The Balaban J connectivity index is 1.82. The van der Waals surface area contributed by atoms with E-state index in [0.717, 1.165) is 25.7 Å². The van der Waals surface area contributed by atoms with Gasteiger partial charge in [-0.3, -0.25) is 0 Å². The summed E-state index contributed by atoms with van der Waals surface area (Å²) >= 11 is 0. The topological polar surface area (TPSA) is 64.9 Å². The number of hydrogen-bond acceptors (Lipinski definition) is 4. The van der Waals surface area contributed by atoms with Crippen molar-refractivity contribution >= 4 is 0 Å². The fraction of sp³-hybridized carbons (Fsp3) is 0.429. The van der Waals surface area contributed by atoms with Crippen LogP contribution in [0.25, 0.3) is 0 Å². The number of hydrogen-bond donors (Lipinski definition) is 1. The molecule has 4 nitrogen and oxygen atoms in total. The van der Waals surface area contributed by atoms with Gasteiger partial charge in [-0.1, -0.05) is 37.3 Å². The predicted molar refractivity (Wildman–Crippen MR) is 70.0 cm³/mol. The van der Waals surface area contributed by atoms with Crippen LogP contribution >= 0.6 is 0 Å². The lowest BCUT2D eigenvalue weighted by molar-refractivity contribution is 0.410. The van der Waals surface area contributed by atoms with Crippen LogP contribution in [-0.4, -0.2) is 10.2 Å². The third kappa shape index (κ3) is 3.40. The Bertz CT molecular complexity index is 467. The monoisotopic (exact) mass is 245 g/mol. The van der Waals surface area contributed by atoms with E-state index in [-0.39, 0.29) is 6.04 Å². The molecule has 4 heteroatoms. The van der Waals surface area contributed by atoms with Crippen molar-refractivity contribution < 1.29 is 4.42 Å². The number of aryl methyl sites for hydroxylation is 2. The van der Waals surface area contributed by atoms with Gasteiger partial charge < -0.3 is 10.2 Å². The van der Waals surface area contributed by atoms with E-state index in [0.29, 0.717) is 11.8 Å². The van der Waals surface area contributed by atoms with Crippen molar-refractivity contribution in [3.63, 3.8) is 0 Å². The van der Waals surface area contributed by atoms with Gasteiger partial charge in [0.05, 0.1) is 6.04 Å². The third-order valence-electron chi connectivity index (χ3n) is 2.94. The maximum Gasteiger partial charge on any atom is 0.233 e. The molecule has 2 N–H and O–H groups in total. The fourth-order valence-corrected chi connectivity index (χ4v) is 1.78. The summed E-state index contributed by atoms with van der Waals surface area (Å²) in [5, 5.41) is 7.99. The minimum Gasteiger partial charge on any atom is -0.424 e. The van der Waals surface area contributed by atoms with Crippen LogP contribution in [0.3, 0.4) is 0 Å². The number of nitrogens with zero attached hydrogens (tertiary/aromatic N) is 2. The number of aromatic nitrogens is 2. The molecule has 0 aliphatic rings. The largest absolute Gasteiger partial charge is 0.424 e. The van der Waals surface area contributed by atoms with Crippen LogP contribution in [0.15, 0.2) is 34.7 Å². The summed E-state index contributed by atoms with van der Waals surface area (Å²) in [7, 11) is 0. The standard InChI is InChI=1S/C14H19N3O/c1-2-12(15)14-17-16-13(18-14)10-6-9-11-7-4-3-5-8-11/h3-5,7-8,12H,2,6,9-10,15H2,1H3. The summed E-state index contributed by atoms with van der Waals surface area (Å²) in [5.74, 6) is 1.23. The van der Waals surface area contributed by atoms with Crippen LogP contribution in [0.5, 0.6) is 0 Å². The summed E-state index contributed by atoms with van der Waals surface area (Å²) < 4.78 is 5.53. The molecule has 0 spiro atoms. The molecule has 18 heavy (non-hydrogen) atoms. The zero-order chi connectivity index (χ0) is 12.8. The first-order valence-corrected chi connectivity index (χ1v) is 6.41. The van der Waals surface area contributed by atoms with Crippen LogP contribution < -0.4 is 5.73 Å². The molecule has 0 aliphatic carbocycles. The van der Waals surface area contributed by atoms with Crippen molar-refractivity contribution in [2.45, 2.75) is 38.6 Å². The molecule has 2 rings (SSSR count). The highest BCUT2D eigenvalue weighted by molar-refractivity contribution is 5.14. The summed E-state index contributed by atoms with van der Waals surface area (Å²) in [6, 6.07) is 10.3. The van der Waals surface area contributed by atoms with E-state index < -0.39 is 0 Å². The van der Waals surface area contributed by atoms with Crippen LogP contribution in [0, 0.1) is 0 Å². The Morgan fingerprint density at radius 1 is 1.17 bits per heavy atom. The highest BCUT2D eigenvalue weighted by atomic mass is 16.4. The lowest BCUT2D eigenvalue weighted by Gasteiger charge is -2.01. The predicted octanol–water partition coefficient (Wildman–Crippen LogP) is 2.65. The maximum atomic E-state index is 5.83. The van der Waals surface area contributed by atoms with Crippen LogP contribution in [0.2, 0.25) is 0 Å². The zero-order valence-corrected chi connectivity index (χ0v) is 10.7. The molecule has 0 fully saturated rings. The Hall–Kier alpha value is -1.68. The average molecular weight is 245 g/mol. The summed E-state index contributed by atoms with van der Waals surface area (Å²) in [6.45, 7) is 2.00. The first kappa shape index (κ1) is 12.8. The van der Waals surface area contributed by atoms with Crippen LogP contribution in [0.4, 0.5) is 0 Å². The second kappa shape index (κ2) is 6.31. The molecule has 2 aromatic rings. The van der Waals surface area contributed by atoms with Gasteiger partial charge in [0, 0.05) is 6.42 Å². The molecule has 0 aliphatic heterocycles. The molecule has 0 saturated carbocycles. The normalized spacial score (nSPS) is 12.6. The van der Waals surface area contributed by atoms with E-state index in [4.69, 9.17) is 10.2 Å². The van der Waals surface area contributed by atoms with E-state index in [1.54, 1.807) is 0 Å². The van der Waals surface area contributed by atoms with Crippen molar-refractivity contribution in [3.05, 3.63) is 47.7 Å². The SMILES string of the molecule is CCC(N)c1nnc(CCCc2ccccc2)o1. The van der Waals surface area contributed by atoms with E-state index in [9.17, 15) is 0 Å². The lowest BCUT2D eigenvalue weighted by Crippen LogP contribution is -2.08. The van der Waals surface area contributed by atoms with Gasteiger partial charge in [-0.25, -0.2) is 0 Å². The van der Waals surface area contributed by atoms with E-state index in [1.807, 2.05) is 13.0 Å². The zero-order valence-electron chi connectivity index (χ0n) is 10.7. The quantitative estimate of drug-likeness (QED) is 0.849. The van der Waals surface area contributed by atoms with E-state index in [2.05, 4.69) is 34.5 Å². The number of nitrogens with two attached hydrogens (primary N) is 1. The molecule has 0 radical (unpaired) electrons. The number of benzene rings is 1. The maximum absolute atomic E-state index is 5.83. The molecule has 1 unspecified atom stereocenters. The van der Waals surface area contributed by atoms with Crippen molar-refractivity contribution in [3.8, 4) is 0 Å². The van der Waals surface area contributed by atoms with Gasteiger partial charge in [0.1, 0.15) is 0 Å². The molecule has 0 amide bonds. The molecule has 0 saturated heterocycles. The molecule has 0 bridgehead atoms. The average Bonchev–Trinajstić information content (AvgIpc) is 2.88. The molecular formula is C14H19N3O.